The Labute approximate surface area is 343 Å². The summed E-state index contributed by atoms with van der Waals surface area (Å²) in [6, 6.07) is 16.7. The van der Waals surface area contributed by atoms with Gasteiger partial charge >= 0.3 is 0 Å². The molecule has 48 heavy (non-hydrogen) atoms. The van der Waals surface area contributed by atoms with Crippen LogP contribution >= 0.6 is 0 Å². The van der Waals surface area contributed by atoms with E-state index in [1.165, 1.54) is 55.6 Å². The Kier molecular flexibility index (Phi) is 24.3. The van der Waals surface area contributed by atoms with Crippen molar-refractivity contribution in [1.82, 2.24) is 0 Å². The van der Waals surface area contributed by atoms with E-state index in [1.54, 1.807) is 28.4 Å². The molecule has 4 aromatic carbocycles. The first-order valence-electron chi connectivity index (χ1n) is 15.9. The number of methoxy groups -OCH3 is 4. The smallest absolute Gasteiger partial charge is 0.125 e. The van der Waals surface area contributed by atoms with Crippen LogP contribution in [0, 0.1) is 69.2 Å². The second-order valence-corrected chi connectivity index (χ2v) is 11.6. The van der Waals surface area contributed by atoms with E-state index in [4.69, 9.17) is 18.9 Å². The van der Waals surface area contributed by atoms with E-state index in [2.05, 4.69) is 106 Å². The van der Waals surface area contributed by atoms with E-state index in [0.29, 0.717) is 0 Å². The van der Waals surface area contributed by atoms with Crippen LogP contribution in [0.5, 0.6) is 23.0 Å². The molecule has 6 heteroatoms. The molecule has 0 aromatic heterocycles. The number of aryl methyl sites for hydroxylation is 6. The molecular weight excluding hydrogens is 746 g/mol. The van der Waals surface area contributed by atoms with Crippen molar-refractivity contribution in [2.75, 3.05) is 28.4 Å². The Hall–Kier alpha value is -1.97. The third kappa shape index (κ3) is 14.1. The minimum absolute atomic E-state index is 0. The van der Waals surface area contributed by atoms with Gasteiger partial charge in [0, 0.05) is 71.2 Å². The zero-order chi connectivity index (χ0) is 35.1. The molecule has 0 aliphatic carbocycles. The number of hydrogen-bond donors (Lipinski definition) is 0. The molecular formula is C42H58O4Y2-2. The largest absolute Gasteiger partial charge is 0.553 e. The summed E-state index contributed by atoms with van der Waals surface area (Å²) in [5.74, 6) is 3.89. The summed E-state index contributed by atoms with van der Waals surface area (Å²) < 4.78 is 21.0. The second kappa shape index (κ2) is 24.2. The molecule has 0 unspecified atom stereocenters. The maximum atomic E-state index is 5.35. The molecule has 0 aliphatic rings. The van der Waals surface area contributed by atoms with Gasteiger partial charge in [-0.2, -0.15) is 37.1 Å². The van der Waals surface area contributed by atoms with Crippen LogP contribution in [0.1, 0.15) is 80.6 Å². The van der Waals surface area contributed by atoms with Crippen LogP contribution in [0.2, 0.25) is 0 Å². The molecule has 0 heterocycles. The van der Waals surface area contributed by atoms with Crippen LogP contribution in [0.3, 0.4) is 0 Å². The Bertz CT molecular complexity index is 1560. The minimum Gasteiger partial charge on any atom is -0.553 e. The van der Waals surface area contributed by atoms with Crippen LogP contribution in [0.15, 0.2) is 48.5 Å². The number of benzene rings is 4. The molecule has 0 N–H and O–H groups in total. The van der Waals surface area contributed by atoms with E-state index < -0.39 is 0 Å². The summed E-state index contributed by atoms with van der Waals surface area (Å²) in [6.07, 6.45) is 2.10. The van der Waals surface area contributed by atoms with Crippen LogP contribution in [-0.2, 0) is 78.3 Å². The van der Waals surface area contributed by atoms with Gasteiger partial charge in [0.1, 0.15) is 11.5 Å². The van der Waals surface area contributed by atoms with E-state index in [-0.39, 0.29) is 65.4 Å². The maximum absolute atomic E-state index is 5.35. The van der Waals surface area contributed by atoms with Crippen molar-refractivity contribution in [2.45, 2.75) is 82.1 Å². The zero-order valence-corrected chi connectivity index (χ0v) is 37.9. The first-order chi connectivity index (χ1) is 21.7. The van der Waals surface area contributed by atoms with E-state index in [1.807, 2.05) is 26.0 Å². The van der Waals surface area contributed by atoms with Gasteiger partial charge in [-0.15, -0.1) is 17.7 Å². The van der Waals surface area contributed by atoms with Gasteiger partial charge in [-0.25, -0.2) is 0 Å². The van der Waals surface area contributed by atoms with Crippen molar-refractivity contribution in [3.05, 3.63) is 129 Å². The van der Waals surface area contributed by atoms with Gasteiger partial charge in [0.05, 0.1) is 34.2 Å². The zero-order valence-electron chi connectivity index (χ0n) is 32.2. The van der Waals surface area contributed by atoms with Gasteiger partial charge in [0.15, 0.2) is 0 Å². The monoisotopic (exact) mass is 804 g/mol. The molecule has 2 radical (unpaired) electrons. The topological polar surface area (TPSA) is 36.9 Å². The van der Waals surface area contributed by atoms with E-state index >= 15 is 0 Å². The van der Waals surface area contributed by atoms with Gasteiger partial charge in [0.25, 0.3) is 0 Å². The van der Waals surface area contributed by atoms with Crippen molar-refractivity contribution in [2.24, 2.45) is 0 Å². The first kappa shape index (κ1) is 48.1. The van der Waals surface area contributed by atoms with Crippen LogP contribution in [-0.4, -0.2) is 28.4 Å². The normalized spacial score (nSPS) is 9.46. The summed E-state index contributed by atoms with van der Waals surface area (Å²) in [5, 5.41) is 0. The third-order valence-electron chi connectivity index (χ3n) is 8.51. The fourth-order valence-corrected chi connectivity index (χ4v) is 4.97. The predicted molar refractivity (Wildman–Crippen MR) is 198 cm³/mol. The Morgan fingerprint density at radius 2 is 0.938 bits per heavy atom. The average Bonchev–Trinajstić information content (AvgIpc) is 3.04. The van der Waals surface area contributed by atoms with Gasteiger partial charge in [0.2, 0.25) is 0 Å². The van der Waals surface area contributed by atoms with Crippen molar-refractivity contribution in [3.8, 4) is 23.0 Å². The summed E-state index contributed by atoms with van der Waals surface area (Å²) in [4.78, 5) is 0. The Balaban J connectivity index is 0. The fraction of sp³-hybridized carbons (Fsp3) is 0.381. The summed E-state index contributed by atoms with van der Waals surface area (Å²) in [7, 11) is 6.82. The SMILES string of the molecule is CCc1cc(C)c(C)c(OC)c1.CCc1ccc(C)c(C)c1OC.[CH2-]c1cc(C)c(C)c(OC)c1.[CH2-]c1ccc(C)c(C)c1OC.[Y].[Y]. The van der Waals surface area contributed by atoms with Crippen LogP contribution in [0.25, 0.3) is 0 Å². The second-order valence-electron chi connectivity index (χ2n) is 11.6. The van der Waals surface area contributed by atoms with Gasteiger partial charge < -0.3 is 18.9 Å². The molecule has 4 aromatic rings. The number of ether oxygens (including phenoxy) is 4. The molecule has 0 amide bonds. The van der Waals surface area contributed by atoms with E-state index in [9.17, 15) is 0 Å². The summed E-state index contributed by atoms with van der Waals surface area (Å²) in [6.45, 7) is 28.7. The molecule has 0 atom stereocenters. The van der Waals surface area contributed by atoms with Crippen molar-refractivity contribution in [1.29, 1.82) is 0 Å². The number of rotatable bonds is 6. The molecule has 0 spiro atoms. The first-order valence-corrected chi connectivity index (χ1v) is 15.9. The Morgan fingerprint density at radius 3 is 1.38 bits per heavy atom. The number of hydrogen-bond acceptors (Lipinski definition) is 4. The molecule has 0 aliphatic heterocycles. The molecule has 0 bridgehead atoms. The molecule has 258 valence electrons. The molecule has 4 rings (SSSR count). The van der Waals surface area contributed by atoms with E-state index in [0.717, 1.165) is 47.0 Å². The van der Waals surface area contributed by atoms with Crippen LogP contribution in [0.4, 0.5) is 0 Å². The molecule has 0 fully saturated rings. The minimum atomic E-state index is 0. The van der Waals surface area contributed by atoms with Crippen LogP contribution < -0.4 is 18.9 Å². The van der Waals surface area contributed by atoms with Gasteiger partial charge in [-0.1, -0.05) is 50.1 Å². The quantitative estimate of drug-likeness (QED) is 0.182. The summed E-state index contributed by atoms with van der Waals surface area (Å²) >= 11 is 0. The standard InChI is InChI=1S/2C11H16O.2C10H13O.2Y/c1-5-10-6-8(2)9(3)11(7-10)12-4;1-5-10-7-6-8(2)9(3)11(10)12-4;1-7-5-8(2)9(3)10(6-7)11-4;1-7-5-6-8(2)10(11-4)9(7)3;;/h2*6-7H,5H2,1-4H3;5-6H,1H2,2-4H3;5-6H,2H2,1,3-4H3;;/q;;2*-1;;. The molecule has 0 saturated carbocycles. The fourth-order valence-electron chi connectivity index (χ4n) is 4.97. The van der Waals surface area contributed by atoms with Crippen molar-refractivity contribution < 1.29 is 84.4 Å². The van der Waals surface area contributed by atoms with Crippen molar-refractivity contribution >= 4 is 0 Å². The predicted octanol–water partition coefficient (Wildman–Crippen LogP) is 10.7. The summed E-state index contributed by atoms with van der Waals surface area (Å²) in [5.41, 5.74) is 14.6. The molecule has 4 nitrogen and oxygen atoms in total. The third-order valence-corrected chi connectivity index (χ3v) is 8.51. The van der Waals surface area contributed by atoms with Crippen molar-refractivity contribution in [3.63, 3.8) is 0 Å². The Morgan fingerprint density at radius 1 is 0.479 bits per heavy atom. The van der Waals surface area contributed by atoms with Gasteiger partial charge in [-0.05, 0) is 106 Å². The molecule has 0 saturated heterocycles. The maximum Gasteiger partial charge on any atom is 0.125 e. The van der Waals surface area contributed by atoms with Gasteiger partial charge in [-0.3, -0.25) is 0 Å². The average molecular weight is 805 g/mol.